The number of piperazine rings is 1. The van der Waals surface area contributed by atoms with Crippen LogP contribution in [0.1, 0.15) is 17.4 Å². The van der Waals surface area contributed by atoms with Crippen molar-refractivity contribution < 1.29 is 9.53 Å². The highest BCUT2D eigenvalue weighted by Gasteiger charge is 2.36. The Kier molecular flexibility index (Phi) is 6.85. The number of morpholine rings is 1. The topological polar surface area (TPSA) is 110 Å². The zero-order valence-electron chi connectivity index (χ0n) is 23.9. The third-order valence-corrected chi connectivity index (χ3v) is 8.43. The van der Waals surface area contributed by atoms with Crippen LogP contribution in [0.5, 0.6) is 0 Å². The van der Waals surface area contributed by atoms with E-state index in [0.717, 1.165) is 59.4 Å². The van der Waals surface area contributed by atoms with E-state index < -0.39 is 0 Å². The zero-order valence-corrected chi connectivity index (χ0v) is 23.9. The van der Waals surface area contributed by atoms with Gasteiger partial charge in [-0.3, -0.25) is 19.3 Å². The van der Waals surface area contributed by atoms with E-state index in [0.29, 0.717) is 25.5 Å². The molecule has 0 bridgehead atoms. The number of nitrogens with two attached hydrogens (primary N) is 1. The number of fused-ring (bicyclic) bond motifs is 3. The first-order valence-electron chi connectivity index (χ1n) is 14.3. The minimum atomic E-state index is -0.166. The molecule has 2 atom stereocenters. The van der Waals surface area contributed by atoms with Crippen LogP contribution < -0.4 is 5.73 Å². The SMILES string of the molecule is CN(C)C(=O)CN1CCN2CC(c3cc(-c4ccc5cn(Cc6ccccc6)nc5c4)c4c(N)ncnn34)OCC2C1. The minimum Gasteiger partial charge on any atom is -0.382 e. The smallest absolute Gasteiger partial charge is 0.236 e. The van der Waals surface area contributed by atoms with Gasteiger partial charge in [-0.15, -0.1) is 0 Å². The number of hydrogen-bond acceptors (Lipinski definition) is 8. The Morgan fingerprint density at radius 3 is 2.79 bits per heavy atom. The second kappa shape index (κ2) is 10.8. The van der Waals surface area contributed by atoms with Crippen LogP contribution in [0.3, 0.4) is 0 Å². The Hall–Kier alpha value is -4.32. The Morgan fingerprint density at radius 2 is 1.95 bits per heavy atom. The fourth-order valence-electron chi connectivity index (χ4n) is 6.13. The molecule has 42 heavy (non-hydrogen) atoms. The number of carbonyl (C=O) groups excluding carboxylic acids is 1. The second-order valence-corrected chi connectivity index (χ2v) is 11.5. The van der Waals surface area contributed by atoms with Gasteiger partial charge >= 0.3 is 0 Å². The lowest BCUT2D eigenvalue weighted by Gasteiger charge is -2.45. The van der Waals surface area contributed by atoms with Gasteiger partial charge in [0.2, 0.25) is 5.91 Å². The van der Waals surface area contributed by atoms with Crippen LogP contribution in [0, 0.1) is 0 Å². The van der Waals surface area contributed by atoms with Crippen molar-refractivity contribution in [2.45, 2.75) is 18.7 Å². The Labute approximate surface area is 244 Å². The number of nitrogen functional groups attached to an aromatic ring is 1. The summed E-state index contributed by atoms with van der Waals surface area (Å²) in [7, 11) is 3.60. The molecule has 1 amide bonds. The first kappa shape index (κ1) is 26.6. The summed E-state index contributed by atoms with van der Waals surface area (Å²) < 4.78 is 10.3. The quantitative estimate of drug-likeness (QED) is 0.335. The van der Waals surface area contributed by atoms with Crippen molar-refractivity contribution in [1.82, 2.24) is 39.1 Å². The van der Waals surface area contributed by atoms with Crippen LogP contribution in [-0.2, 0) is 16.1 Å². The highest BCUT2D eigenvalue weighted by molar-refractivity contribution is 5.92. The molecular formula is C31H35N9O2. The first-order valence-corrected chi connectivity index (χ1v) is 14.3. The number of anilines is 1. The highest BCUT2D eigenvalue weighted by atomic mass is 16.5. The standard InChI is InChI=1S/C31H35N9O2/c1-36(2)29(41)18-37-10-11-38-17-28(42-19-24(38)16-37)27-13-25(30-31(32)33-20-34-40(27)30)22-8-9-23-15-39(35-26(23)12-22)14-21-6-4-3-5-7-21/h3-9,12-13,15,20,24,28H,10-11,14,16-19H2,1-2H3,(H2,32,33,34). The molecule has 5 aromatic rings. The van der Waals surface area contributed by atoms with E-state index in [1.807, 2.05) is 27.4 Å². The van der Waals surface area contributed by atoms with Crippen molar-refractivity contribution in [2.24, 2.45) is 0 Å². The van der Waals surface area contributed by atoms with Gasteiger partial charge in [-0.05, 0) is 23.3 Å². The van der Waals surface area contributed by atoms with Gasteiger partial charge in [-0.1, -0.05) is 42.5 Å². The maximum Gasteiger partial charge on any atom is 0.236 e. The van der Waals surface area contributed by atoms with E-state index in [-0.39, 0.29) is 18.1 Å². The molecule has 0 aliphatic carbocycles. The third kappa shape index (κ3) is 5.00. The molecule has 7 rings (SSSR count). The molecule has 2 saturated heterocycles. The van der Waals surface area contributed by atoms with Crippen molar-refractivity contribution in [1.29, 1.82) is 0 Å². The fourth-order valence-corrected chi connectivity index (χ4v) is 6.13. The van der Waals surface area contributed by atoms with Gasteiger partial charge in [-0.25, -0.2) is 9.50 Å². The van der Waals surface area contributed by atoms with Gasteiger partial charge in [0.1, 0.15) is 17.9 Å². The average Bonchev–Trinajstić information content (AvgIpc) is 3.59. The summed E-state index contributed by atoms with van der Waals surface area (Å²) in [5, 5.41) is 10.5. The van der Waals surface area contributed by atoms with E-state index in [9.17, 15) is 4.79 Å². The second-order valence-electron chi connectivity index (χ2n) is 11.5. The predicted octanol–water partition coefficient (Wildman–Crippen LogP) is 2.52. The summed E-state index contributed by atoms with van der Waals surface area (Å²) in [6.45, 7) is 5.06. The number of aromatic nitrogens is 5. The van der Waals surface area contributed by atoms with E-state index in [4.69, 9.17) is 15.6 Å². The maximum absolute atomic E-state index is 12.2. The molecule has 11 heteroatoms. The first-order chi connectivity index (χ1) is 20.4. The number of hydrogen-bond donors (Lipinski definition) is 1. The van der Waals surface area contributed by atoms with Crippen molar-refractivity contribution in [2.75, 3.05) is 59.2 Å². The molecule has 11 nitrogen and oxygen atoms in total. The monoisotopic (exact) mass is 565 g/mol. The van der Waals surface area contributed by atoms with Crippen LogP contribution in [0.4, 0.5) is 5.82 Å². The van der Waals surface area contributed by atoms with Gasteiger partial charge < -0.3 is 15.4 Å². The highest BCUT2D eigenvalue weighted by Crippen LogP contribution is 2.36. The minimum absolute atomic E-state index is 0.128. The summed E-state index contributed by atoms with van der Waals surface area (Å²) in [6, 6.07) is 19.0. The Balaban J connectivity index is 1.15. The largest absolute Gasteiger partial charge is 0.382 e. The van der Waals surface area contributed by atoms with Crippen LogP contribution in [0.15, 0.2) is 67.1 Å². The van der Waals surface area contributed by atoms with Crippen LogP contribution in [0.25, 0.3) is 27.5 Å². The molecule has 0 saturated carbocycles. The Morgan fingerprint density at radius 1 is 1.10 bits per heavy atom. The van der Waals surface area contributed by atoms with E-state index in [1.165, 1.54) is 11.9 Å². The van der Waals surface area contributed by atoms with Crippen molar-refractivity contribution in [3.8, 4) is 11.1 Å². The molecule has 3 aromatic heterocycles. The van der Waals surface area contributed by atoms with Crippen LogP contribution >= 0.6 is 0 Å². The summed E-state index contributed by atoms with van der Waals surface area (Å²) in [5.74, 6) is 0.553. The van der Waals surface area contributed by atoms with Crippen LogP contribution in [0.2, 0.25) is 0 Å². The van der Waals surface area contributed by atoms with Crippen LogP contribution in [-0.4, -0.2) is 104 Å². The summed E-state index contributed by atoms with van der Waals surface area (Å²) >= 11 is 0. The lowest BCUT2D eigenvalue weighted by Crippen LogP contribution is -2.59. The lowest BCUT2D eigenvalue weighted by molar-refractivity contribution is -0.132. The molecule has 2 N–H and O–H groups in total. The average molecular weight is 566 g/mol. The number of ether oxygens (including phenoxy) is 1. The van der Waals surface area contributed by atoms with Gasteiger partial charge in [0.25, 0.3) is 0 Å². The molecule has 0 radical (unpaired) electrons. The maximum atomic E-state index is 12.2. The normalized spacial score (nSPS) is 19.8. The zero-order chi connectivity index (χ0) is 28.8. The van der Waals surface area contributed by atoms with Crippen molar-refractivity contribution in [3.05, 3.63) is 78.4 Å². The number of benzene rings is 2. The summed E-state index contributed by atoms with van der Waals surface area (Å²) in [6.07, 6.45) is 3.41. The summed E-state index contributed by atoms with van der Waals surface area (Å²) in [5.41, 5.74) is 12.3. The molecular weight excluding hydrogens is 530 g/mol. The molecule has 0 spiro atoms. The van der Waals surface area contributed by atoms with Gasteiger partial charge in [-0.2, -0.15) is 10.2 Å². The molecule has 5 heterocycles. The third-order valence-electron chi connectivity index (χ3n) is 8.43. The molecule has 2 aromatic carbocycles. The molecule has 2 aliphatic heterocycles. The van der Waals surface area contributed by atoms with Gasteiger partial charge in [0.05, 0.1) is 30.9 Å². The molecule has 216 valence electrons. The van der Waals surface area contributed by atoms with E-state index >= 15 is 0 Å². The van der Waals surface area contributed by atoms with E-state index in [2.05, 4.69) is 62.5 Å². The van der Waals surface area contributed by atoms with Gasteiger partial charge in [0.15, 0.2) is 5.82 Å². The van der Waals surface area contributed by atoms with E-state index in [1.54, 1.807) is 19.0 Å². The molecule has 2 unspecified atom stereocenters. The lowest BCUT2D eigenvalue weighted by atomic mass is 10.0. The van der Waals surface area contributed by atoms with Crippen molar-refractivity contribution in [3.63, 3.8) is 0 Å². The number of amides is 1. The molecule has 2 fully saturated rings. The number of rotatable bonds is 6. The predicted molar refractivity (Wildman–Crippen MR) is 161 cm³/mol. The van der Waals surface area contributed by atoms with Gasteiger partial charge in [0, 0.05) is 63.5 Å². The number of nitrogens with zero attached hydrogens (tertiary/aromatic N) is 8. The van der Waals surface area contributed by atoms with Crippen molar-refractivity contribution >= 4 is 28.1 Å². The molecule has 2 aliphatic rings. The summed E-state index contributed by atoms with van der Waals surface area (Å²) in [4.78, 5) is 22.9. The number of likely N-dealkylation sites (N-methyl/N-ethyl adjacent to an activating group) is 1. The number of carbonyl (C=O) groups is 1. The fraction of sp³-hybridized carbons (Fsp3) is 0.355. The Bertz CT molecular complexity index is 1750.